The molecule has 0 saturated heterocycles. The van der Waals surface area contributed by atoms with Crippen LogP contribution in [0.3, 0.4) is 0 Å². The highest BCUT2D eigenvalue weighted by Crippen LogP contribution is 2.36. The maximum Gasteiger partial charge on any atom is 0.419 e. The van der Waals surface area contributed by atoms with Crippen LogP contribution in [0.5, 0.6) is 5.75 Å². The molecule has 0 aliphatic heterocycles. The van der Waals surface area contributed by atoms with Crippen molar-refractivity contribution in [3.63, 3.8) is 0 Å². The van der Waals surface area contributed by atoms with Crippen molar-refractivity contribution in [1.82, 2.24) is 0 Å². The van der Waals surface area contributed by atoms with Crippen molar-refractivity contribution in [3.8, 4) is 5.75 Å². The molecule has 0 saturated carbocycles. The highest BCUT2D eigenvalue weighted by Gasteiger charge is 2.34. The van der Waals surface area contributed by atoms with Crippen molar-refractivity contribution in [2.45, 2.75) is 12.6 Å². The number of ether oxygens (including phenoxy) is 1. The molecule has 0 N–H and O–H groups in total. The van der Waals surface area contributed by atoms with Crippen LogP contribution in [0.1, 0.15) is 22.3 Å². The predicted octanol–water partition coefficient (Wildman–Crippen LogP) is 3.53. The summed E-state index contributed by atoms with van der Waals surface area (Å²) in [6.45, 7) is 0.104. The van der Waals surface area contributed by atoms with Gasteiger partial charge >= 0.3 is 6.18 Å². The highest BCUT2D eigenvalue weighted by atomic mass is 35.5. The van der Waals surface area contributed by atoms with Gasteiger partial charge < -0.3 is 4.74 Å². The van der Waals surface area contributed by atoms with E-state index in [2.05, 4.69) is 0 Å². The summed E-state index contributed by atoms with van der Waals surface area (Å²) >= 11 is 5.40. The van der Waals surface area contributed by atoms with E-state index in [-0.39, 0.29) is 17.9 Å². The van der Waals surface area contributed by atoms with Gasteiger partial charge in [-0.2, -0.15) is 13.2 Å². The molecular weight excluding hydrogens is 257 g/mol. The normalized spacial score (nSPS) is 11.3. The molecule has 0 aliphatic rings. The largest absolute Gasteiger partial charge is 0.493 e. The first-order valence-corrected chi connectivity index (χ1v) is 5.37. The third-order valence-electron chi connectivity index (χ3n) is 1.98. The van der Waals surface area contributed by atoms with E-state index in [0.29, 0.717) is 18.6 Å². The zero-order chi connectivity index (χ0) is 12.9. The van der Waals surface area contributed by atoms with Gasteiger partial charge in [-0.25, -0.2) is 0 Å². The van der Waals surface area contributed by atoms with Gasteiger partial charge in [0.05, 0.1) is 12.2 Å². The van der Waals surface area contributed by atoms with Gasteiger partial charge in [-0.3, -0.25) is 4.79 Å². The predicted molar refractivity (Wildman–Crippen MR) is 57.7 cm³/mol. The van der Waals surface area contributed by atoms with Crippen LogP contribution in [0.2, 0.25) is 0 Å². The first-order chi connectivity index (χ1) is 7.99. The minimum atomic E-state index is -4.55. The molecule has 6 heteroatoms. The van der Waals surface area contributed by atoms with Gasteiger partial charge in [0, 0.05) is 11.4 Å². The second-order valence-electron chi connectivity index (χ2n) is 3.26. The molecule has 1 rings (SSSR count). The van der Waals surface area contributed by atoms with Crippen LogP contribution in [0, 0.1) is 0 Å². The van der Waals surface area contributed by atoms with Crippen molar-refractivity contribution >= 4 is 17.9 Å². The number of aldehydes is 1. The Hall–Kier alpha value is -1.23. The van der Waals surface area contributed by atoms with Crippen LogP contribution in [0.4, 0.5) is 13.2 Å². The fourth-order valence-corrected chi connectivity index (χ4v) is 1.31. The zero-order valence-electron chi connectivity index (χ0n) is 8.76. The molecule has 0 fully saturated rings. The average Bonchev–Trinajstić information content (AvgIpc) is 2.28. The Labute approximate surface area is 101 Å². The molecule has 0 atom stereocenters. The van der Waals surface area contributed by atoms with Gasteiger partial charge in [-0.15, -0.1) is 11.6 Å². The van der Waals surface area contributed by atoms with E-state index in [0.717, 1.165) is 12.1 Å². The Balaban J connectivity index is 2.98. The van der Waals surface area contributed by atoms with Gasteiger partial charge in [0.15, 0.2) is 0 Å². The molecule has 2 nitrogen and oxygen atoms in total. The van der Waals surface area contributed by atoms with Crippen LogP contribution >= 0.6 is 11.6 Å². The van der Waals surface area contributed by atoms with E-state index in [1.807, 2.05) is 0 Å². The molecule has 0 spiro atoms. The van der Waals surface area contributed by atoms with Crippen molar-refractivity contribution < 1.29 is 22.7 Å². The van der Waals surface area contributed by atoms with E-state index < -0.39 is 11.7 Å². The summed E-state index contributed by atoms with van der Waals surface area (Å²) in [7, 11) is 0. The molecule has 0 amide bonds. The van der Waals surface area contributed by atoms with Gasteiger partial charge in [-0.05, 0) is 24.6 Å². The second-order valence-corrected chi connectivity index (χ2v) is 3.64. The highest BCUT2D eigenvalue weighted by molar-refractivity contribution is 6.17. The lowest BCUT2D eigenvalue weighted by Gasteiger charge is -2.14. The fraction of sp³-hybridized carbons (Fsp3) is 0.364. The number of rotatable bonds is 5. The SMILES string of the molecule is O=Cc1ccc(OCCCCl)c(C(F)(F)F)c1. The van der Waals surface area contributed by atoms with E-state index in [1.165, 1.54) is 6.07 Å². The van der Waals surface area contributed by atoms with Crippen LogP contribution in [-0.2, 0) is 6.18 Å². The first-order valence-electron chi connectivity index (χ1n) is 4.84. The second kappa shape index (κ2) is 5.91. The van der Waals surface area contributed by atoms with Gasteiger partial charge in [0.2, 0.25) is 0 Å². The number of carbonyl (C=O) groups excluding carboxylic acids is 1. The van der Waals surface area contributed by atoms with Crippen molar-refractivity contribution in [1.29, 1.82) is 0 Å². The summed E-state index contributed by atoms with van der Waals surface area (Å²) in [6.07, 6.45) is -3.73. The van der Waals surface area contributed by atoms with Crippen LogP contribution in [0.15, 0.2) is 18.2 Å². The first kappa shape index (κ1) is 13.8. The zero-order valence-corrected chi connectivity index (χ0v) is 9.52. The summed E-state index contributed by atoms with van der Waals surface area (Å²) in [6, 6.07) is 3.18. The quantitative estimate of drug-likeness (QED) is 0.463. The molecule has 0 aliphatic carbocycles. The van der Waals surface area contributed by atoms with Gasteiger partial charge in [-0.1, -0.05) is 0 Å². The number of alkyl halides is 4. The monoisotopic (exact) mass is 266 g/mol. The van der Waals surface area contributed by atoms with E-state index in [4.69, 9.17) is 16.3 Å². The number of carbonyl (C=O) groups is 1. The Kier molecular flexibility index (Phi) is 4.81. The lowest BCUT2D eigenvalue weighted by Crippen LogP contribution is -2.10. The van der Waals surface area contributed by atoms with Crippen LogP contribution < -0.4 is 4.74 Å². The van der Waals surface area contributed by atoms with Crippen molar-refractivity contribution in [2.75, 3.05) is 12.5 Å². The van der Waals surface area contributed by atoms with Crippen molar-refractivity contribution in [3.05, 3.63) is 29.3 Å². The van der Waals surface area contributed by atoms with Crippen LogP contribution in [-0.4, -0.2) is 18.8 Å². The summed E-state index contributed by atoms with van der Waals surface area (Å²) in [5, 5.41) is 0. The molecule has 1 aromatic carbocycles. The summed E-state index contributed by atoms with van der Waals surface area (Å²) in [5.41, 5.74) is -0.987. The number of hydrogen-bond donors (Lipinski definition) is 0. The minimum Gasteiger partial charge on any atom is -0.493 e. The van der Waals surface area contributed by atoms with E-state index in [1.54, 1.807) is 0 Å². The van der Waals surface area contributed by atoms with Crippen molar-refractivity contribution in [2.24, 2.45) is 0 Å². The molecule has 17 heavy (non-hydrogen) atoms. The molecule has 0 unspecified atom stereocenters. The molecule has 0 bridgehead atoms. The maximum atomic E-state index is 12.7. The molecular formula is C11H10ClF3O2. The lowest BCUT2D eigenvalue weighted by molar-refractivity contribution is -0.138. The Bertz CT molecular complexity index is 391. The third-order valence-corrected chi connectivity index (χ3v) is 2.25. The fourth-order valence-electron chi connectivity index (χ4n) is 1.20. The average molecular weight is 267 g/mol. The summed E-state index contributed by atoms with van der Waals surface area (Å²) in [5.74, 6) is 0.0292. The van der Waals surface area contributed by atoms with Gasteiger partial charge in [0.1, 0.15) is 12.0 Å². The molecule has 0 aromatic heterocycles. The third kappa shape index (κ3) is 3.93. The Morgan fingerprint density at radius 2 is 2.06 bits per heavy atom. The number of halogens is 4. The number of hydrogen-bond acceptors (Lipinski definition) is 2. The van der Waals surface area contributed by atoms with E-state index >= 15 is 0 Å². The molecule has 1 aromatic rings. The maximum absolute atomic E-state index is 12.7. The Morgan fingerprint density at radius 3 is 2.59 bits per heavy atom. The smallest absolute Gasteiger partial charge is 0.419 e. The van der Waals surface area contributed by atoms with E-state index in [9.17, 15) is 18.0 Å². The standard InChI is InChI=1S/C11H10ClF3O2/c12-4-1-5-17-10-3-2-8(7-16)6-9(10)11(13,14)15/h2-3,6-7H,1,4-5H2. The summed E-state index contributed by atoms with van der Waals surface area (Å²) in [4.78, 5) is 10.4. The molecule has 94 valence electrons. The Morgan fingerprint density at radius 1 is 1.35 bits per heavy atom. The minimum absolute atomic E-state index is 0.0398. The summed E-state index contributed by atoms with van der Waals surface area (Å²) < 4.78 is 42.9. The van der Waals surface area contributed by atoms with Gasteiger partial charge in [0.25, 0.3) is 0 Å². The molecule has 0 heterocycles. The lowest BCUT2D eigenvalue weighted by atomic mass is 10.1. The van der Waals surface area contributed by atoms with Crippen LogP contribution in [0.25, 0.3) is 0 Å². The number of benzene rings is 1. The molecule has 0 radical (unpaired) electrons. The topological polar surface area (TPSA) is 26.3 Å².